The smallest absolute Gasteiger partial charge is 0.251 e. The van der Waals surface area contributed by atoms with Crippen LogP contribution < -0.4 is 0 Å². The van der Waals surface area contributed by atoms with Gasteiger partial charge in [-0.3, -0.25) is 4.90 Å². The molecule has 1 rings (SSSR count). The fourth-order valence-electron chi connectivity index (χ4n) is 1.86. The van der Waals surface area contributed by atoms with Crippen molar-refractivity contribution in [3.8, 4) is 0 Å². The Labute approximate surface area is 72.7 Å². The number of hydrogen-bond donors (Lipinski definition) is 0. The molecule has 72 valence electrons. The minimum absolute atomic E-state index is 0.0501. The van der Waals surface area contributed by atoms with Gasteiger partial charge in [-0.25, -0.2) is 8.78 Å². The van der Waals surface area contributed by atoms with Gasteiger partial charge in [0.1, 0.15) is 0 Å². The fourth-order valence-corrected chi connectivity index (χ4v) is 1.86. The highest BCUT2D eigenvalue weighted by molar-refractivity contribution is 4.78. The zero-order valence-electron chi connectivity index (χ0n) is 7.76. The molecule has 0 saturated carbocycles. The van der Waals surface area contributed by atoms with Crippen LogP contribution in [0.1, 0.15) is 26.7 Å². The molecule has 0 amide bonds. The summed E-state index contributed by atoms with van der Waals surface area (Å²) in [6.45, 7) is 4.98. The van der Waals surface area contributed by atoms with E-state index in [1.807, 2.05) is 11.8 Å². The topological polar surface area (TPSA) is 3.24 Å². The van der Waals surface area contributed by atoms with Gasteiger partial charge in [-0.2, -0.15) is 0 Å². The lowest BCUT2D eigenvalue weighted by Crippen LogP contribution is -2.44. The molecule has 0 N–H and O–H groups in total. The monoisotopic (exact) mass is 177 g/mol. The van der Waals surface area contributed by atoms with E-state index in [-0.39, 0.29) is 6.54 Å². The highest BCUT2D eigenvalue weighted by atomic mass is 19.3. The van der Waals surface area contributed by atoms with Crippen LogP contribution in [0.3, 0.4) is 0 Å². The molecule has 0 bridgehead atoms. The highest BCUT2D eigenvalue weighted by Crippen LogP contribution is 2.23. The maximum absolute atomic E-state index is 12.1. The first kappa shape index (κ1) is 9.90. The molecule has 0 aliphatic carbocycles. The van der Waals surface area contributed by atoms with Crippen LogP contribution in [0.5, 0.6) is 0 Å². The average Bonchev–Trinajstić information content (AvgIpc) is 1.98. The van der Waals surface area contributed by atoms with Crippen molar-refractivity contribution in [3.63, 3.8) is 0 Å². The van der Waals surface area contributed by atoms with Crippen LogP contribution in [0.4, 0.5) is 8.78 Å². The Hall–Kier alpha value is -0.180. The number of hydrogen-bond acceptors (Lipinski definition) is 1. The second-order valence-corrected chi connectivity index (χ2v) is 3.75. The summed E-state index contributed by atoms with van der Waals surface area (Å²) in [6.07, 6.45) is 0.0665. The van der Waals surface area contributed by atoms with E-state index in [4.69, 9.17) is 0 Å². The third-order valence-corrected chi connectivity index (χ3v) is 2.88. The summed E-state index contributed by atoms with van der Waals surface area (Å²) in [7, 11) is 0. The Morgan fingerprint density at radius 3 is 2.67 bits per heavy atom. The van der Waals surface area contributed by atoms with Crippen LogP contribution in [0, 0.1) is 5.92 Å². The molecule has 1 aliphatic heterocycles. The lowest BCUT2D eigenvalue weighted by Gasteiger charge is -2.37. The quantitative estimate of drug-likeness (QED) is 0.626. The van der Waals surface area contributed by atoms with E-state index < -0.39 is 6.43 Å². The molecule has 2 atom stereocenters. The molecule has 1 aliphatic rings. The van der Waals surface area contributed by atoms with Crippen LogP contribution >= 0.6 is 0 Å². The second kappa shape index (κ2) is 4.17. The second-order valence-electron chi connectivity index (χ2n) is 3.75. The van der Waals surface area contributed by atoms with Crippen molar-refractivity contribution in [1.29, 1.82) is 0 Å². The van der Waals surface area contributed by atoms with Crippen LogP contribution in [0.2, 0.25) is 0 Å². The predicted molar refractivity (Wildman–Crippen MR) is 45.4 cm³/mol. The number of halogens is 2. The fraction of sp³-hybridized carbons (Fsp3) is 1.00. The molecule has 0 spiro atoms. The van der Waals surface area contributed by atoms with Gasteiger partial charge < -0.3 is 0 Å². The van der Waals surface area contributed by atoms with Crippen molar-refractivity contribution in [1.82, 2.24) is 4.90 Å². The molecule has 0 aromatic heterocycles. The normalized spacial score (nSPS) is 32.8. The van der Waals surface area contributed by atoms with Gasteiger partial charge in [0.05, 0.1) is 6.54 Å². The molecule has 1 saturated heterocycles. The minimum atomic E-state index is -2.18. The molecule has 0 aromatic carbocycles. The summed E-state index contributed by atoms with van der Waals surface area (Å²) in [5.74, 6) is 0.567. The number of piperidine rings is 1. The van der Waals surface area contributed by atoms with Gasteiger partial charge in [-0.1, -0.05) is 6.92 Å². The van der Waals surface area contributed by atoms with Crippen molar-refractivity contribution >= 4 is 0 Å². The maximum atomic E-state index is 12.1. The molecular formula is C9H17F2N. The van der Waals surface area contributed by atoms with E-state index >= 15 is 0 Å². The lowest BCUT2D eigenvalue weighted by atomic mass is 9.92. The minimum Gasteiger partial charge on any atom is -0.295 e. The highest BCUT2D eigenvalue weighted by Gasteiger charge is 2.26. The van der Waals surface area contributed by atoms with E-state index in [1.165, 1.54) is 6.42 Å². The Balaban J connectivity index is 2.41. The largest absolute Gasteiger partial charge is 0.295 e. The summed E-state index contributed by atoms with van der Waals surface area (Å²) in [4.78, 5) is 1.90. The Kier molecular flexibility index (Phi) is 3.44. The lowest BCUT2D eigenvalue weighted by molar-refractivity contribution is 0.0361. The third-order valence-electron chi connectivity index (χ3n) is 2.88. The predicted octanol–water partition coefficient (Wildman–Crippen LogP) is 2.37. The molecule has 1 nitrogen and oxygen atoms in total. The van der Waals surface area contributed by atoms with Crippen LogP contribution in [0.25, 0.3) is 0 Å². The zero-order chi connectivity index (χ0) is 9.14. The Morgan fingerprint density at radius 1 is 1.42 bits per heavy atom. The van der Waals surface area contributed by atoms with Gasteiger partial charge in [0, 0.05) is 6.04 Å². The molecule has 1 fully saturated rings. The maximum Gasteiger partial charge on any atom is 0.251 e. The van der Waals surface area contributed by atoms with Crippen molar-refractivity contribution in [3.05, 3.63) is 0 Å². The molecule has 0 aromatic rings. The molecule has 1 heterocycles. The van der Waals surface area contributed by atoms with E-state index in [1.54, 1.807) is 0 Å². The number of alkyl halides is 2. The summed E-state index contributed by atoms with van der Waals surface area (Å²) < 4.78 is 24.2. The van der Waals surface area contributed by atoms with E-state index in [0.717, 1.165) is 13.0 Å². The van der Waals surface area contributed by atoms with Gasteiger partial charge in [0.15, 0.2) is 0 Å². The average molecular weight is 177 g/mol. The SMILES string of the molecule is CC1CCCN(CC(F)F)C1C. The van der Waals surface area contributed by atoms with Crippen molar-refractivity contribution in [2.45, 2.75) is 39.2 Å². The first-order valence-electron chi connectivity index (χ1n) is 4.63. The first-order valence-corrected chi connectivity index (χ1v) is 4.63. The standard InChI is InChI=1S/C9H17F2N/c1-7-4-3-5-12(8(7)2)6-9(10)11/h7-9H,3-6H2,1-2H3. The number of likely N-dealkylation sites (tertiary alicyclic amines) is 1. The van der Waals surface area contributed by atoms with Crippen molar-refractivity contribution < 1.29 is 8.78 Å². The first-order chi connectivity index (χ1) is 5.61. The van der Waals surface area contributed by atoms with Gasteiger partial charge in [0.25, 0.3) is 6.43 Å². The van der Waals surface area contributed by atoms with E-state index in [2.05, 4.69) is 6.92 Å². The molecule has 3 heteroatoms. The van der Waals surface area contributed by atoms with Gasteiger partial charge >= 0.3 is 0 Å². The van der Waals surface area contributed by atoms with E-state index in [9.17, 15) is 8.78 Å². The molecular weight excluding hydrogens is 160 g/mol. The van der Waals surface area contributed by atoms with Crippen LogP contribution in [-0.2, 0) is 0 Å². The summed E-state index contributed by atoms with van der Waals surface area (Å²) >= 11 is 0. The van der Waals surface area contributed by atoms with Gasteiger partial charge in [-0.15, -0.1) is 0 Å². The van der Waals surface area contributed by atoms with E-state index in [0.29, 0.717) is 12.0 Å². The zero-order valence-corrected chi connectivity index (χ0v) is 7.76. The number of nitrogens with zero attached hydrogens (tertiary/aromatic N) is 1. The Morgan fingerprint density at radius 2 is 2.08 bits per heavy atom. The summed E-state index contributed by atoms with van der Waals surface area (Å²) in [6, 6.07) is 0.327. The van der Waals surface area contributed by atoms with Gasteiger partial charge in [0.2, 0.25) is 0 Å². The van der Waals surface area contributed by atoms with Crippen molar-refractivity contribution in [2.75, 3.05) is 13.1 Å². The van der Waals surface area contributed by atoms with Gasteiger partial charge in [-0.05, 0) is 32.2 Å². The van der Waals surface area contributed by atoms with Crippen molar-refractivity contribution in [2.24, 2.45) is 5.92 Å². The Bertz CT molecular complexity index is 138. The van der Waals surface area contributed by atoms with Crippen LogP contribution in [-0.4, -0.2) is 30.5 Å². The molecule has 2 unspecified atom stereocenters. The van der Waals surface area contributed by atoms with Crippen LogP contribution in [0.15, 0.2) is 0 Å². The molecule has 12 heavy (non-hydrogen) atoms. The summed E-state index contributed by atoms with van der Waals surface area (Å²) in [5.41, 5.74) is 0. The number of rotatable bonds is 2. The summed E-state index contributed by atoms with van der Waals surface area (Å²) in [5, 5.41) is 0. The molecule has 0 radical (unpaired) electrons. The third kappa shape index (κ3) is 2.41.